The zero-order chi connectivity index (χ0) is 25.6. The highest BCUT2D eigenvalue weighted by atomic mass is 16.5. The summed E-state index contributed by atoms with van der Waals surface area (Å²) in [4.78, 5) is 17.5. The van der Waals surface area contributed by atoms with E-state index in [1.165, 1.54) is 0 Å². The zero-order valence-corrected chi connectivity index (χ0v) is 20.7. The van der Waals surface area contributed by atoms with Crippen LogP contribution in [0.4, 0.5) is 0 Å². The summed E-state index contributed by atoms with van der Waals surface area (Å²) in [7, 11) is 0. The molecule has 0 aliphatic carbocycles. The van der Waals surface area contributed by atoms with Gasteiger partial charge in [-0.2, -0.15) is 0 Å². The molecule has 1 heterocycles. The van der Waals surface area contributed by atoms with E-state index in [0.717, 1.165) is 33.8 Å². The quantitative estimate of drug-likeness (QED) is 0.281. The van der Waals surface area contributed by atoms with E-state index >= 15 is 0 Å². The Balaban J connectivity index is 1.58. The molecule has 0 radical (unpaired) electrons. The number of aromatic nitrogens is 2. The Labute approximate surface area is 216 Å². The first-order valence-electron chi connectivity index (χ1n) is 12.4. The highest BCUT2D eigenvalue weighted by Gasteiger charge is 2.20. The Morgan fingerprint density at radius 3 is 2.41 bits per heavy atom. The molecule has 4 aromatic carbocycles. The molecule has 1 unspecified atom stereocenters. The van der Waals surface area contributed by atoms with Crippen molar-refractivity contribution in [2.24, 2.45) is 0 Å². The molecular formula is C31H29N3O3. The van der Waals surface area contributed by atoms with Crippen molar-refractivity contribution in [3.63, 3.8) is 0 Å². The fourth-order valence-electron chi connectivity index (χ4n) is 4.52. The number of nitrogens with one attached hydrogen (secondary N) is 1. The van der Waals surface area contributed by atoms with Crippen molar-refractivity contribution in [2.75, 3.05) is 13.2 Å². The third-order valence-electron chi connectivity index (χ3n) is 6.29. The smallest absolute Gasteiger partial charge is 0.251 e. The molecule has 37 heavy (non-hydrogen) atoms. The van der Waals surface area contributed by atoms with Gasteiger partial charge in [0.2, 0.25) is 0 Å². The number of aliphatic hydroxyl groups excluding tert-OH is 1. The van der Waals surface area contributed by atoms with Gasteiger partial charge in [0.15, 0.2) is 11.9 Å². The molecule has 0 saturated carbocycles. The van der Waals surface area contributed by atoms with Gasteiger partial charge in [-0.1, -0.05) is 72.8 Å². The van der Waals surface area contributed by atoms with Crippen LogP contribution in [-0.2, 0) is 6.54 Å². The monoisotopic (exact) mass is 491 g/mol. The second-order valence-corrected chi connectivity index (χ2v) is 8.84. The predicted octanol–water partition coefficient (Wildman–Crippen LogP) is 5.61. The second kappa shape index (κ2) is 11.1. The van der Waals surface area contributed by atoms with E-state index < -0.39 is 0 Å². The Kier molecular flexibility index (Phi) is 7.28. The van der Waals surface area contributed by atoms with Crippen LogP contribution in [0.1, 0.15) is 34.8 Å². The van der Waals surface area contributed by atoms with Gasteiger partial charge < -0.3 is 19.7 Å². The number of imidazole rings is 1. The van der Waals surface area contributed by atoms with Gasteiger partial charge in [-0.25, -0.2) is 4.98 Å². The summed E-state index contributed by atoms with van der Waals surface area (Å²) < 4.78 is 8.43. The molecule has 5 aromatic rings. The molecular weight excluding hydrogens is 462 g/mol. The summed E-state index contributed by atoms with van der Waals surface area (Å²) >= 11 is 0. The maximum absolute atomic E-state index is 12.5. The highest BCUT2D eigenvalue weighted by molar-refractivity contribution is 5.97. The first-order chi connectivity index (χ1) is 18.1. The van der Waals surface area contributed by atoms with Gasteiger partial charge in [0.05, 0.1) is 24.2 Å². The van der Waals surface area contributed by atoms with Gasteiger partial charge in [0, 0.05) is 12.1 Å². The second-order valence-electron chi connectivity index (χ2n) is 8.84. The van der Waals surface area contributed by atoms with E-state index in [4.69, 9.17) is 14.8 Å². The number of carbonyl (C=O) groups excluding carboxylic acids is 1. The first-order valence-corrected chi connectivity index (χ1v) is 12.4. The molecule has 186 valence electrons. The molecule has 0 aliphatic rings. The summed E-state index contributed by atoms with van der Waals surface area (Å²) in [6.45, 7) is 2.68. The fraction of sp³-hybridized carbons (Fsp3) is 0.161. The minimum Gasteiger partial charge on any atom is -0.483 e. The van der Waals surface area contributed by atoms with E-state index in [2.05, 4.69) is 40.2 Å². The third-order valence-corrected chi connectivity index (χ3v) is 6.29. The molecule has 0 fully saturated rings. The van der Waals surface area contributed by atoms with E-state index in [9.17, 15) is 4.79 Å². The van der Waals surface area contributed by atoms with Gasteiger partial charge in [0.1, 0.15) is 5.75 Å². The predicted molar refractivity (Wildman–Crippen MR) is 146 cm³/mol. The zero-order valence-electron chi connectivity index (χ0n) is 20.7. The van der Waals surface area contributed by atoms with Crippen LogP contribution in [0.15, 0.2) is 103 Å². The Morgan fingerprint density at radius 1 is 0.946 bits per heavy atom. The van der Waals surface area contributed by atoms with Crippen LogP contribution < -0.4 is 10.1 Å². The van der Waals surface area contributed by atoms with Gasteiger partial charge in [0.25, 0.3) is 5.91 Å². The Morgan fingerprint density at radius 2 is 1.65 bits per heavy atom. The Hall–Kier alpha value is -4.42. The molecule has 6 heteroatoms. The van der Waals surface area contributed by atoms with Crippen LogP contribution in [-0.4, -0.2) is 33.7 Å². The van der Waals surface area contributed by atoms with Crippen LogP contribution in [0, 0.1) is 0 Å². The number of rotatable bonds is 9. The van der Waals surface area contributed by atoms with E-state index in [1.807, 2.05) is 67.6 Å². The van der Waals surface area contributed by atoms with Crippen molar-refractivity contribution in [1.29, 1.82) is 0 Å². The van der Waals surface area contributed by atoms with Crippen molar-refractivity contribution in [3.05, 3.63) is 120 Å². The number of hydrogen-bond donors (Lipinski definition) is 2. The highest BCUT2D eigenvalue weighted by Crippen LogP contribution is 2.30. The molecule has 1 atom stereocenters. The molecule has 6 nitrogen and oxygen atoms in total. The van der Waals surface area contributed by atoms with Crippen molar-refractivity contribution in [2.45, 2.75) is 19.6 Å². The molecule has 1 amide bonds. The Bertz CT molecular complexity index is 1500. The minimum atomic E-state index is -0.328. The molecule has 5 rings (SSSR count). The van der Waals surface area contributed by atoms with Gasteiger partial charge >= 0.3 is 0 Å². The number of aliphatic hydroxyl groups is 1. The van der Waals surface area contributed by atoms with E-state index in [-0.39, 0.29) is 25.2 Å². The summed E-state index contributed by atoms with van der Waals surface area (Å²) in [5.41, 5.74) is 5.60. The lowest BCUT2D eigenvalue weighted by Gasteiger charge is -2.18. The standard InChI is InChI=1S/C31H29N3O3/c1-22(37-26-13-6-3-7-14-26)30-33-28-20-24(31(36)32-18-19-35)16-17-29(28)34(30)21-25-12-8-9-15-27(25)23-10-4-2-5-11-23/h2-17,20,22,35H,18-19,21H2,1H3,(H,32,36). The average Bonchev–Trinajstić information content (AvgIpc) is 3.30. The third kappa shape index (κ3) is 5.39. The van der Waals surface area contributed by atoms with Crippen LogP contribution in [0.5, 0.6) is 5.75 Å². The minimum absolute atomic E-state index is 0.109. The maximum Gasteiger partial charge on any atom is 0.251 e. The average molecular weight is 492 g/mol. The van der Waals surface area contributed by atoms with Crippen molar-refractivity contribution in [1.82, 2.24) is 14.9 Å². The molecule has 1 aromatic heterocycles. The van der Waals surface area contributed by atoms with Crippen LogP contribution in [0.2, 0.25) is 0 Å². The largest absolute Gasteiger partial charge is 0.483 e. The number of benzene rings is 4. The maximum atomic E-state index is 12.5. The van der Waals surface area contributed by atoms with Crippen LogP contribution in [0.25, 0.3) is 22.2 Å². The number of para-hydroxylation sites is 1. The summed E-state index contributed by atoms with van der Waals surface area (Å²) in [6.07, 6.45) is -0.328. The van der Waals surface area contributed by atoms with E-state index in [0.29, 0.717) is 17.6 Å². The number of carbonyl (C=O) groups is 1. The molecule has 0 saturated heterocycles. The van der Waals surface area contributed by atoms with Gasteiger partial charge in [-0.15, -0.1) is 0 Å². The lowest BCUT2D eigenvalue weighted by atomic mass is 9.99. The van der Waals surface area contributed by atoms with Crippen molar-refractivity contribution < 1.29 is 14.6 Å². The van der Waals surface area contributed by atoms with Crippen LogP contribution in [0.3, 0.4) is 0 Å². The molecule has 0 spiro atoms. The lowest BCUT2D eigenvalue weighted by Crippen LogP contribution is -2.26. The number of fused-ring (bicyclic) bond motifs is 1. The first kappa shape index (κ1) is 24.3. The number of hydrogen-bond acceptors (Lipinski definition) is 4. The normalized spacial score (nSPS) is 11.8. The van der Waals surface area contributed by atoms with Gasteiger partial charge in [-0.3, -0.25) is 4.79 Å². The molecule has 0 bridgehead atoms. The number of ether oxygens (including phenoxy) is 1. The molecule has 2 N–H and O–H groups in total. The van der Waals surface area contributed by atoms with Crippen molar-refractivity contribution in [3.8, 4) is 16.9 Å². The molecule has 0 aliphatic heterocycles. The number of nitrogens with zero attached hydrogens (tertiary/aromatic N) is 2. The summed E-state index contributed by atoms with van der Waals surface area (Å²) in [5, 5.41) is 11.8. The van der Waals surface area contributed by atoms with Gasteiger partial charge in [-0.05, 0) is 53.9 Å². The summed E-state index contributed by atoms with van der Waals surface area (Å²) in [5.74, 6) is 1.30. The SMILES string of the molecule is CC(Oc1ccccc1)c1nc2cc(C(=O)NCCO)ccc2n1Cc1ccccc1-c1ccccc1. The lowest BCUT2D eigenvalue weighted by molar-refractivity contribution is 0.0945. The van der Waals surface area contributed by atoms with Crippen LogP contribution >= 0.6 is 0 Å². The summed E-state index contributed by atoms with van der Waals surface area (Å²) in [6, 6.07) is 33.9. The number of amides is 1. The van der Waals surface area contributed by atoms with E-state index in [1.54, 1.807) is 12.1 Å². The topological polar surface area (TPSA) is 76.4 Å². The fourth-order valence-corrected chi connectivity index (χ4v) is 4.52. The van der Waals surface area contributed by atoms with Crippen molar-refractivity contribution >= 4 is 16.9 Å².